The molecule has 2 aliphatic heterocycles. The first-order valence-corrected chi connectivity index (χ1v) is 17.0. The van der Waals surface area contributed by atoms with Crippen LogP contribution in [0, 0.1) is 17.9 Å². The van der Waals surface area contributed by atoms with Crippen LogP contribution in [-0.2, 0) is 48.4 Å². The Kier molecular flexibility index (Phi) is 12.3. The van der Waals surface area contributed by atoms with Crippen molar-refractivity contribution >= 4 is 24.1 Å². The predicted molar refractivity (Wildman–Crippen MR) is 194 cm³/mol. The summed E-state index contributed by atoms with van der Waals surface area (Å²) < 4.78 is 40.1. The highest BCUT2D eigenvalue weighted by Gasteiger charge is 2.51. The molecule has 12 nitrogen and oxygen atoms in total. The molecule has 4 aromatic rings. The summed E-state index contributed by atoms with van der Waals surface area (Å²) in [4.78, 5) is 29.6. The van der Waals surface area contributed by atoms with Crippen molar-refractivity contribution in [1.29, 1.82) is 5.26 Å². The summed E-state index contributed by atoms with van der Waals surface area (Å²) >= 11 is 0. The van der Waals surface area contributed by atoms with Crippen LogP contribution < -0.4 is 14.2 Å². The minimum atomic E-state index is -0.889. The highest BCUT2D eigenvalue weighted by molar-refractivity contribution is 5.98. The summed E-state index contributed by atoms with van der Waals surface area (Å²) in [6.07, 6.45) is -0.529. The van der Waals surface area contributed by atoms with E-state index >= 15 is 0 Å². The van der Waals surface area contributed by atoms with Gasteiger partial charge >= 0.3 is 11.9 Å². The van der Waals surface area contributed by atoms with Crippen LogP contribution in [0.1, 0.15) is 27.8 Å². The molecule has 1 N–H and O–H groups in total. The minimum Gasteiger partial charge on any atom is -0.493 e. The van der Waals surface area contributed by atoms with Gasteiger partial charge in [0, 0.05) is 5.56 Å². The molecule has 274 valence electrons. The van der Waals surface area contributed by atoms with E-state index in [0.717, 1.165) is 11.1 Å². The number of fused-ring (bicyclic) bond motifs is 1. The average Bonchev–Trinajstić information content (AvgIpc) is 3.80. The van der Waals surface area contributed by atoms with Gasteiger partial charge in [0.2, 0.25) is 0 Å². The van der Waals surface area contributed by atoms with E-state index in [9.17, 15) is 20.0 Å². The van der Waals surface area contributed by atoms with Crippen LogP contribution in [0.3, 0.4) is 0 Å². The van der Waals surface area contributed by atoms with Gasteiger partial charge in [-0.05, 0) is 58.7 Å². The van der Waals surface area contributed by atoms with E-state index in [1.165, 1.54) is 19.3 Å². The Labute approximate surface area is 312 Å². The molecule has 0 amide bonds. The fourth-order valence-electron chi connectivity index (χ4n) is 5.95. The maximum absolute atomic E-state index is 13.1. The first-order valence-electron chi connectivity index (χ1n) is 17.0. The van der Waals surface area contributed by atoms with Gasteiger partial charge in [-0.1, -0.05) is 72.8 Å². The quantitative estimate of drug-likeness (QED) is 0.0724. The molecule has 0 aliphatic carbocycles. The van der Waals surface area contributed by atoms with E-state index in [-0.39, 0.29) is 31.1 Å². The monoisotopic (exact) mass is 728 g/mol. The fourth-order valence-corrected chi connectivity index (χ4v) is 5.95. The number of nitriles is 1. The number of esters is 2. The second-order valence-electron chi connectivity index (χ2n) is 12.3. The third kappa shape index (κ3) is 9.13. The zero-order valence-electron chi connectivity index (χ0n) is 29.3. The molecule has 0 radical (unpaired) electrons. The molecule has 4 atom stereocenters. The van der Waals surface area contributed by atoms with E-state index in [0.29, 0.717) is 47.2 Å². The van der Waals surface area contributed by atoms with Crippen molar-refractivity contribution < 1.29 is 47.9 Å². The number of rotatable bonds is 14. The Balaban J connectivity index is 1.04. The second-order valence-corrected chi connectivity index (χ2v) is 12.3. The molecule has 0 spiro atoms. The van der Waals surface area contributed by atoms with Crippen LogP contribution in [0.2, 0.25) is 0 Å². The van der Waals surface area contributed by atoms with Crippen molar-refractivity contribution in [1.82, 2.24) is 0 Å². The molecule has 0 bridgehead atoms. The number of aliphatic hydroxyl groups excluding tert-OH is 1. The molecule has 4 aromatic carbocycles. The molecule has 2 fully saturated rings. The maximum atomic E-state index is 13.1. The number of carbonyl (C=O) groups is 2. The SMILES string of the molecule is [C-]#[N+]/C(=C\c1ccc(OCc2ccccc2)c(CO)c1)C(=O)O[C@@H]1CO[C@H]2[C@@H]1OC[C@@H]2OC(=O)/C(C#N)=C/c1ccc(OCc2ccccc2)c(OC)c1. The van der Waals surface area contributed by atoms with Gasteiger partial charge in [0.25, 0.3) is 5.70 Å². The average molecular weight is 729 g/mol. The number of hydrogen-bond donors (Lipinski definition) is 1. The van der Waals surface area contributed by atoms with Gasteiger partial charge in [0.15, 0.2) is 23.7 Å². The van der Waals surface area contributed by atoms with Gasteiger partial charge in [-0.25, -0.2) is 9.64 Å². The lowest BCUT2D eigenvalue weighted by Gasteiger charge is -2.17. The summed E-state index contributed by atoms with van der Waals surface area (Å²) in [7, 11) is 1.50. The molecular weight excluding hydrogens is 692 g/mol. The van der Waals surface area contributed by atoms with E-state index < -0.39 is 36.4 Å². The number of benzene rings is 4. The lowest BCUT2D eigenvalue weighted by molar-refractivity contribution is -0.150. The predicted octanol–water partition coefficient (Wildman–Crippen LogP) is 5.83. The highest BCUT2D eigenvalue weighted by Crippen LogP contribution is 2.33. The Bertz CT molecular complexity index is 1950. The minimum absolute atomic E-state index is 0.0523. The zero-order valence-corrected chi connectivity index (χ0v) is 29.3. The third-order valence-corrected chi connectivity index (χ3v) is 8.68. The first kappa shape index (κ1) is 37.3. The molecule has 54 heavy (non-hydrogen) atoms. The zero-order chi connectivity index (χ0) is 37.9. The van der Waals surface area contributed by atoms with Gasteiger partial charge < -0.3 is 38.3 Å². The summed E-state index contributed by atoms with van der Waals surface area (Å²) in [5, 5.41) is 19.7. The first-order chi connectivity index (χ1) is 26.4. The number of aliphatic hydroxyl groups is 1. The van der Waals surface area contributed by atoms with Crippen molar-refractivity contribution in [2.24, 2.45) is 0 Å². The standard InChI is InChI=1S/C42H36N2O10/c1-44-33(19-29-13-15-34(32(18-29)22-45)49-23-27-9-5-3-6-10-27)42(47)54-38-26-52-39-37(25-51-40(38)39)53-41(46)31(21-43)17-30-14-16-35(36(20-30)48-2)50-24-28-11-7-4-8-12-28/h3-20,37-40,45H,22-26H2,2H3/b31-17+,33-19-/t37-,38+,39+,40+/m0/s1. The van der Waals surface area contributed by atoms with Crippen LogP contribution >= 0.6 is 0 Å². The van der Waals surface area contributed by atoms with Crippen LogP contribution in [0.25, 0.3) is 17.0 Å². The summed E-state index contributed by atoms with van der Waals surface area (Å²) in [5.74, 6) is -0.373. The van der Waals surface area contributed by atoms with Gasteiger partial charge in [-0.3, -0.25) is 4.79 Å². The molecule has 2 saturated heterocycles. The largest absolute Gasteiger partial charge is 0.493 e. The van der Waals surface area contributed by atoms with Gasteiger partial charge in [-0.15, -0.1) is 0 Å². The number of ether oxygens (including phenoxy) is 7. The van der Waals surface area contributed by atoms with E-state index in [2.05, 4.69) is 4.85 Å². The van der Waals surface area contributed by atoms with E-state index in [4.69, 9.17) is 39.7 Å². The smallest absolute Gasteiger partial charge is 0.349 e. The number of carbonyl (C=O) groups excluding carboxylic acids is 2. The molecule has 12 heteroatoms. The normalized spacial score (nSPS) is 19.2. The molecule has 0 saturated carbocycles. The topological polar surface area (TPSA) is 147 Å². The van der Waals surface area contributed by atoms with E-state index in [1.54, 1.807) is 36.4 Å². The molecular formula is C42H36N2O10. The van der Waals surface area contributed by atoms with E-state index in [1.807, 2.05) is 66.7 Å². The molecule has 2 aliphatic rings. The van der Waals surface area contributed by atoms with Crippen LogP contribution in [0.4, 0.5) is 0 Å². The molecule has 6 rings (SSSR count). The molecule has 2 heterocycles. The van der Waals surface area contributed by atoms with Crippen LogP contribution in [0.15, 0.2) is 108 Å². The number of hydrogen-bond acceptors (Lipinski definition) is 11. The molecule has 0 aromatic heterocycles. The molecule has 0 unspecified atom stereocenters. The highest BCUT2D eigenvalue weighted by atomic mass is 16.7. The van der Waals surface area contributed by atoms with Crippen molar-refractivity contribution in [2.75, 3.05) is 20.3 Å². The fraction of sp³-hybridized carbons (Fsp3) is 0.238. The van der Waals surface area contributed by atoms with Crippen molar-refractivity contribution in [3.05, 3.63) is 148 Å². The van der Waals surface area contributed by atoms with Crippen molar-refractivity contribution in [2.45, 2.75) is 44.2 Å². The Morgan fingerprint density at radius 3 is 1.91 bits per heavy atom. The summed E-state index contributed by atoms with van der Waals surface area (Å²) in [6, 6.07) is 31.1. The van der Waals surface area contributed by atoms with Crippen LogP contribution in [0.5, 0.6) is 17.2 Å². The van der Waals surface area contributed by atoms with Crippen molar-refractivity contribution in [3.63, 3.8) is 0 Å². The van der Waals surface area contributed by atoms with Crippen LogP contribution in [-0.4, -0.2) is 61.8 Å². The van der Waals surface area contributed by atoms with Gasteiger partial charge in [-0.2, -0.15) is 5.26 Å². The summed E-state index contributed by atoms with van der Waals surface area (Å²) in [6.45, 7) is 7.84. The van der Waals surface area contributed by atoms with Crippen molar-refractivity contribution in [3.8, 4) is 23.3 Å². The second kappa shape index (κ2) is 17.9. The van der Waals surface area contributed by atoms with Gasteiger partial charge in [0.1, 0.15) is 42.8 Å². The Morgan fingerprint density at radius 2 is 1.35 bits per heavy atom. The number of methoxy groups -OCH3 is 1. The maximum Gasteiger partial charge on any atom is 0.349 e. The Morgan fingerprint density at radius 1 is 0.796 bits per heavy atom. The summed E-state index contributed by atoms with van der Waals surface area (Å²) in [5.41, 5.74) is 2.89. The third-order valence-electron chi connectivity index (χ3n) is 8.68. The van der Waals surface area contributed by atoms with Gasteiger partial charge in [0.05, 0.1) is 33.5 Å². The Hall–Kier alpha value is -6.44. The lowest BCUT2D eigenvalue weighted by atomic mass is 10.1. The lowest BCUT2D eigenvalue weighted by Crippen LogP contribution is -2.36. The number of nitrogens with zero attached hydrogens (tertiary/aromatic N) is 2.